The number of benzene rings is 2. The molecule has 3 aromatic rings. The molecule has 2 aromatic carbocycles. The molecule has 0 fully saturated rings. The van der Waals surface area contributed by atoms with Gasteiger partial charge in [-0.15, -0.1) is 11.3 Å². The van der Waals surface area contributed by atoms with Crippen LogP contribution in [-0.2, 0) is 13.0 Å². The summed E-state index contributed by atoms with van der Waals surface area (Å²) < 4.78 is 6.52. The number of nitrogens with one attached hydrogen (secondary N) is 1. The van der Waals surface area contributed by atoms with Gasteiger partial charge < -0.3 is 15.0 Å². The summed E-state index contributed by atoms with van der Waals surface area (Å²) in [5.41, 5.74) is 3.26. The number of fused-ring (bicyclic) bond motifs is 1. The lowest BCUT2D eigenvalue weighted by Gasteiger charge is -2.17. The average Bonchev–Trinajstić information content (AvgIpc) is 3.04. The number of para-hydroxylation sites is 1. The van der Waals surface area contributed by atoms with Gasteiger partial charge in [0.1, 0.15) is 10.8 Å². The predicted molar refractivity (Wildman–Crippen MR) is 106 cm³/mol. The smallest absolute Gasteiger partial charge is 0.317 e. The zero-order valence-electron chi connectivity index (χ0n) is 15.3. The molecule has 0 bridgehead atoms. The molecule has 6 heteroatoms. The minimum absolute atomic E-state index is 0.101. The van der Waals surface area contributed by atoms with E-state index in [1.165, 1.54) is 5.56 Å². The van der Waals surface area contributed by atoms with E-state index in [4.69, 9.17) is 4.74 Å². The van der Waals surface area contributed by atoms with Crippen LogP contribution in [-0.4, -0.2) is 36.6 Å². The van der Waals surface area contributed by atoms with Crippen LogP contribution in [0, 0.1) is 6.92 Å². The van der Waals surface area contributed by atoms with Crippen molar-refractivity contribution in [2.75, 3.05) is 20.7 Å². The average molecular weight is 369 g/mol. The first-order valence-corrected chi connectivity index (χ1v) is 9.35. The fraction of sp³-hybridized carbons (Fsp3) is 0.300. The zero-order chi connectivity index (χ0) is 18.5. The van der Waals surface area contributed by atoms with Crippen LogP contribution < -0.4 is 10.1 Å². The molecule has 1 heterocycles. The van der Waals surface area contributed by atoms with Crippen LogP contribution in [0.2, 0.25) is 0 Å². The maximum Gasteiger partial charge on any atom is 0.317 e. The van der Waals surface area contributed by atoms with E-state index in [9.17, 15) is 4.79 Å². The second kappa shape index (κ2) is 8.19. The van der Waals surface area contributed by atoms with Gasteiger partial charge >= 0.3 is 6.03 Å². The molecule has 0 radical (unpaired) electrons. The highest BCUT2D eigenvalue weighted by molar-refractivity contribution is 7.18. The highest BCUT2D eigenvalue weighted by Gasteiger charge is 2.12. The molecule has 136 valence electrons. The lowest BCUT2D eigenvalue weighted by Crippen LogP contribution is -2.37. The van der Waals surface area contributed by atoms with Crippen molar-refractivity contribution in [1.82, 2.24) is 15.2 Å². The quantitative estimate of drug-likeness (QED) is 0.715. The maximum atomic E-state index is 12.3. The predicted octanol–water partition coefficient (Wildman–Crippen LogP) is 4.00. The molecular formula is C20H23N3O2S. The number of hydrogen-bond acceptors (Lipinski definition) is 4. The largest absolute Gasteiger partial charge is 0.496 e. The Labute approximate surface area is 157 Å². The van der Waals surface area contributed by atoms with Crippen molar-refractivity contribution >= 4 is 27.6 Å². The van der Waals surface area contributed by atoms with Gasteiger partial charge in [0, 0.05) is 13.6 Å². The van der Waals surface area contributed by atoms with E-state index in [-0.39, 0.29) is 6.03 Å². The summed E-state index contributed by atoms with van der Waals surface area (Å²) in [6.45, 7) is 3.11. The third-order valence-corrected chi connectivity index (χ3v) is 5.18. The van der Waals surface area contributed by atoms with Gasteiger partial charge in [-0.3, -0.25) is 0 Å². The van der Waals surface area contributed by atoms with Crippen molar-refractivity contribution in [2.45, 2.75) is 19.9 Å². The minimum atomic E-state index is -0.101. The van der Waals surface area contributed by atoms with Crippen LogP contribution in [0.25, 0.3) is 10.2 Å². The molecule has 26 heavy (non-hydrogen) atoms. The number of ether oxygens (including phenoxy) is 1. The van der Waals surface area contributed by atoms with Crippen LogP contribution in [0.3, 0.4) is 0 Å². The zero-order valence-corrected chi connectivity index (χ0v) is 16.1. The standard InChI is InChI=1S/C20H23N3O2S/c1-14-8-9-17(25-3)15(12-14)10-11-21-20(24)23(2)13-19-22-16-6-4-5-7-18(16)26-19/h4-9,12H,10-11,13H2,1-3H3,(H,21,24). The molecule has 0 unspecified atom stereocenters. The number of rotatable bonds is 6. The molecule has 1 N–H and O–H groups in total. The van der Waals surface area contributed by atoms with Crippen LogP contribution in [0.15, 0.2) is 42.5 Å². The molecule has 3 rings (SSSR count). The SMILES string of the molecule is COc1ccc(C)cc1CCNC(=O)N(C)Cc1nc2ccccc2s1. The number of aromatic nitrogens is 1. The summed E-state index contributed by atoms with van der Waals surface area (Å²) in [4.78, 5) is 18.6. The number of methoxy groups -OCH3 is 1. The van der Waals surface area contributed by atoms with Gasteiger partial charge in [0.2, 0.25) is 0 Å². The molecule has 2 amide bonds. The normalized spacial score (nSPS) is 10.7. The summed E-state index contributed by atoms with van der Waals surface area (Å²) >= 11 is 1.62. The Hall–Kier alpha value is -2.60. The molecule has 0 atom stereocenters. The summed E-state index contributed by atoms with van der Waals surface area (Å²) in [5, 5.41) is 3.90. The van der Waals surface area contributed by atoms with Gasteiger partial charge in [-0.1, -0.05) is 29.8 Å². The molecule has 0 aliphatic carbocycles. The maximum absolute atomic E-state index is 12.3. The monoisotopic (exact) mass is 369 g/mol. The number of carbonyl (C=O) groups excluding carboxylic acids is 1. The van der Waals surface area contributed by atoms with Crippen molar-refractivity contribution in [3.8, 4) is 5.75 Å². The number of amides is 2. The van der Waals surface area contributed by atoms with E-state index in [0.717, 1.165) is 33.0 Å². The van der Waals surface area contributed by atoms with Gasteiger partial charge in [0.05, 0.1) is 23.9 Å². The lowest BCUT2D eigenvalue weighted by molar-refractivity contribution is 0.207. The van der Waals surface area contributed by atoms with E-state index in [2.05, 4.69) is 16.4 Å². The Morgan fingerprint density at radius 2 is 2.08 bits per heavy atom. The number of nitrogens with zero attached hydrogens (tertiary/aromatic N) is 2. The van der Waals surface area contributed by atoms with Crippen molar-refractivity contribution in [3.05, 3.63) is 58.6 Å². The van der Waals surface area contributed by atoms with Gasteiger partial charge in [0.15, 0.2) is 0 Å². The Morgan fingerprint density at radius 1 is 1.27 bits per heavy atom. The van der Waals surface area contributed by atoms with E-state index < -0.39 is 0 Å². The molecule has 1 aromatic heterocycles. The van der Waals surface area contributed by atoms with Crippen molar-refractivity contribution in [1.29, 1.82) is 0 Å². The van der Waals surface area contributed by atoms with E-state index >= 15 is 0 Å². The molecule has 0 saturated carbocycles. The fourth-order valence-electron chi connectivity index (χ4n) is 2.80. The minimum Gasteiger partial charge on any atom is -0.496 e. The molecule has 0 aliphatic heterocycles. The molecule has 0 aliphatic rings. The van der Waals surface area contributed by atoms with Gasteiger partial charge in [-0.25, -0.2) is 9.78 Å². The number of carbonyl (C=O) groups is 1. The van der Waals surface area contributed by atoms with Gasteiger partial charge in [0.25, 0.3) is 0 Å². The topological polar surface area (TPSA) is 54.5 Å². The van der Waals surface area contributed by atoms with Crippen LogP contribution in [0.1, 0.15) is 16.1 Å². The molecule has 0 saturated heterocycles. The molecule has 0 spiro atoms. The summed E-state index contributed by atoms with van der Waals surface area (Å²) in [6.07, 6.45) is 0.728. The van der Waals surface area contributed by atoms with Crippen LogP contribution >= 0.6 is 11.3 Å². The fourth-order valence-corrected chi connectivity index (χ4v) is 3.82. The number of urea groups is 1. The number of aryl methyl sites for hydroxylation is 1. The van der Waals surface area contributed by atoms with Crippen molar-refractivity contribution in [2.24, 2.45) is 0 Å². The Balaban J connectivity index is 1.53. The van der Waals surface area contributed by atoms with E-state index in [1.807, 2.05) is 43.3 Å². The van der Waals surface area contributed by atoms with Gasteiger partial charge in [-0.05, 0) is 37.1 Å². The second-order valence-corrected chi connectivity index (χ2v) is 7.34. The molecular weight excluding hydrogens is 346 g/mol. The van der Waals surface area contributed by atoms with Crippen molar-refractivity contribution in [3.63, 3.8) is 0 Å². The lowest BCUT2D eigenvalue weighted by atomic mass is 10.1. The van der Waals surface area contributed by atoms with E-state index in [0.29, 0.717) is 13.1 Å². The highest BCUT2D eigenvalue weighted by Crippen LogP contribution is 2.22. The third kappa shape index (κ3) is 4.32. The van der Waals surface area contributed by atoms with E-state index in [1.54, 1.807) is 30.4 Å². The Bertz CT molecular complexity index is 874. The summed E-state index contributed by atoms with van der Waals surface area (Å²) in [6, 6.07) is 14.0. The summed E-state index contributed by atoms with van der Waals surface area (Å²) in [7, 11) is 3.45. The first kappa shape index (κ1) is 18.2. The van der Waals surface area contributed by atoms with Gasteiger partial charge in [-0.2, -0.15) is 0 Å². The third-order valence-electron chi connectivity index (χ3n) is 4.16. The van der Waals surface area contributed by atoms with Crippen LogP contribution in [0.4, 0.5) is 4.79 Å². The first-order valence-electron chi connectivity index (χ1n) is 8.54. The number of hydrogen-bond donors (Lipinski definition) is 1. The summed E-state index contributed by atoms with van der Waals surface area (Å²) in [5.74, 6) is 0.854. The molecule has 5 nitrogen and oxygen atoms in total. The Morgan fingerprint density at radius 3 is 2.85 bits per heavy atom. The first-order chi connectivity index (χ1) is 12.6. The Kier molecular flexibility index (Phi) is 5.73. The van der Waals surface area contributed by atoms with Crippen molar-refractivity contribution < 1.29 is 9.53 Å². The second-order valence-electron chi connectivity index (χ2n) is 6.23. The highest BCUT2D eigenvalue weighted by atomic mass is 32.1. The number of thiazole rings is 1. The van der Waals surface area contributed by atoms with Crippen LogP contribution in [0.5, 0.6) is 5.75 Å².